The smallest absolute Gasteiger partial charge is 0.0725 e. The van der Waals surface area contributed by atoms with E-state index in [1.807, 2.05) is 18.2 Å². The van der Waals surface area contributed by atoms with Gasteiger partial charge in [0.15, 0.2) is 0 Å². The van der Waals surface area contributed by atoms with Crippen molar-refractivity contribution in [2.45, 2.75) is 17.8 Å². The molecule has 0 aromatic heterocycles. The minimum absolute atomic E-state index is 0.537. The molecular weight excluding hydrogens is 687 g/mol. The Kier molecular flexibility index (Phi) is 7.43. The van der Waals surface area contributed by atoms with Crippen molar-refractivity contribution in [1.29, 1.82) is 0 Å². The van der Waals surface area contributed by atoms with Crippen molar-refractivity contribution in [3.63, 3.8) is 0 Å². The van der Waals surface area contributed by atoms with E-state index in [0.29, 0.717) is 0 Å². The lowest BCUT2D eigenvalue weighted by Crippen LogP contribution is -2.44. The van der Waals surface area contributed by atoms with E-state index in [0.717, 1.165) is 28.1 Å². The molecule has 0 aliphatic heterocycles. The lowest BCUT2D eigenvalue weighted by Gasteiger charge is -2.49. The molecule has 0 amide bonds. The highest BCUT2D eigenvalue weighted by Gasteiger charge is 2.59. The number of allylic oxidation sites excluding steroid dienone is 2. The molecular formula is C56H39N. The van der Waals surface area contributed by atoms with Gasteiger partial charge in [0.1, 0.15) is 0 Å². The van der Waals surface area contributed by atoms with Crippen LogP contribution in [-0.2, 0) is 10.8 Å². The van der Waals surface area contributed by atoms with Crippen molar-refractivity contribution >= 4 is 17.0 Å². The Balaban J connectivity index is 1.28. The van der Waals surface area contributed by atoms with E-state index in [4.69, 9.17) is 4.99 Å². The van der Waals surface area contributed by atoms with Gasteiger partial charge in [-0.1, -0.05) is 207 Å². The van der Waals surface area contributed by atoms with E-state index in [1.54, 1.807) is 0 Å². The number of rotatable bonds is 5. The van der Waals surface area contributed by atoms with Gasteiger partial charge in [0, 0.05) is 5.56 Å². The molecule has 0 N–H and O–H groups in total. The van der Waals surface area contributed by atoms with Crippen LogP contribution in [0.1, 0.15) is 68.1 Å². The zero-order valence-corrected chi connectivity index (χ0v) is 31.8. The molecule has 0 bridgehead atoms. The summed E-state index contributed by atoms with van der Waals surface area (Å²) in [5.74, 6) is 0. The molecule has 1 heteroatoms. The molecule has 3 aliphatic rings. The predicted octanol–water partition coefficient (Wildman–Crippen LogP) is 13.3. The fourth-order valence-electron chi connectivity index (χ4n) is 10.5. The van der Waals surface area contributed by atoms with Gasteiger partial charge in [0.2, 0.25) is 0 Å². The third-order valence-corrected chi connectivity index (χ3v) is 12.7. The summed E-state index contributed by atoms with van der Waals surface area (Å²) in [5, 5.41) is 0. The SMILES string of the molecule is C=C(N=C(/C=C(\C)c1cccc2c1C1(c3ccccc3-c3ccccc31)c1ccccc1C21c2ccccc2-c2ccccc21)c1ccccc1)c1ccccc1. The third kappa shape index (κ3) is 4.54. The molecule has 2 spiro atoms. The van der Waals surface area contributed by atoms with E-state index < -0.39 is 10.8 Å². The number of hydrogen-bond donors (Lipinski definition) is 0. The second kappa shape index (κ2) is 12.7. The zero-order valence-electron chi connectivity index (χ0n) is 31.8. The molecule has 3 aliphatic carbocycles. The first-order valence-corrected chi connectivity index (χ1v) is 19.8. The summed E-state index contributed by atoms with van der Waals surface area (Å²) in [6, 6.07) is 73.5. The Morgan fingerprint density at radius 3 is 1.30 bits per heavy atom. The van der Waals surface area contributed by atoms with Crippen molar-refractivity contribution < 1.29 is 0 Å². The van der Waals surface area contributed by atoms with Crippen LogP contribution in [0.25, 0.3) is 33.5 Å². The van der Waals surface area contributed by atoms with Crippen LogP contribution in [0.5, 0.6) is 0 Å². The van der Waals surface area contributed by atoms with Crippen molar-refractivity contribution in [1.82, 2.24) is 0 Å². The summed E-state index contributed by atoms with van der Waals surface area (Å²) in [5.41, 5.74) is 20.7. The highest BCUT2D eigenvalue weighted by molar-refractivity contribution is 6.14. The first kappa shape index (κ1) is 33.3. The van der Waals surface area contributed by atoms with Crippen molar-refractivity contribution in [3.8, 4) is 22.3 Å². The highest BCUT2D eigenvalue weighted by atomic mass is 14.8. The molecule has 0 unspecified atom stereocenters. The average Bonchev–Trinajstić information content (AvgIpc) is 3.74. The average molecular weight is 726 g/mol. The summed E-state index contributed by atoms with van der Waals surface area (Å²) in [4.78, 5) is 5.27. The number of hydrogen-bond acceptors (Lipinski definition) is 1. The standard InChI is InChI=1S/C56H39N/c1-37(36-53(40-22-7-4-8-23-40)57-38(2)39-20-5-3-6-21-39)41-28-19-35-52-54(41)56(48-31-15-11-26-44(48)45-27-12-16-32-49(45)56)51-34-18-17-33-50(51)55(52)46-29-13-9-24-42(46)43-25-10-14-30-47(43)55/h3-36H,2H2,1H3/b37-36+,57-53?. The van der Waals surface area contributed by atoms with E-state index in [1.165, 1.54) is 72.3 Å². The van der Waals surface area contributed by atoms with Gasteiger partial charge in [-0.05, 0) is 96.5 Å². The van der Waals surface area contributed by atoms with Crippen LogP contribution in [0.2, 0.25) is 0 Å². The lowest BCUT2D eigenvalue weighted by atomic mass is 9.51. The van der Waals surface area contributed by atoms with Crippen LogP contribution < -0.4 is 0 Å². The Morgan fingerprint density at radius 2 is 0.789 bits per heavy atom. The Morgan fingerprint density at radius 1 is 0.404 bits per heavy atom. The van der Waals surface area contributed by atoms with Gasteiger partial charge >= 0.3 is 0 Å². The van der Waals surface area contributed by atoms with Crippen LogP contribution in [0.4, 0.5) is 0 Å². The lowest BCUT2D eigenvalue weighted by molar-refractivity contribution is 0.631. The van der Waals surface area contributed by atoms with Gasteiger partial charge in [0.05, 0.1) is 22.2 Å². The van der Waals surface area contributed by atoms with Crippen molar-refractivity contribution in [3.05, 3.63) is 274 Å². The minimum Gasteiger partial charge on any atom is -0.248 e. The van der Waals surface area contributed by atoms with Gasteiger partial charge in [-0.2, -0.15) is 0 Å². The first-order chi connectivity index (χ1) is 28.1. The molecule has 8 aromatic carbocycles. The molecule has 57 heavy (non-hydrogen) atoms. The molecule has 11 rings (SSSR count). The van der Waals surface area contributed by atoms with Crippen LogP contribution in [0.3, 0.4) is 0 Å². The third-order valence-electron chi connectivity index (χ3n) is 12.7. The second-order valence-electron chi connectivity index (χ2n) is 15.5. The number of aliphatic imine (C=N–C) groups is 1. The summed E-state index contributed by atoms with van der Waals surface area (Å²) in [7, 11) is 0. The number of nitrogens with zero attached hydrogens (tertiary/aromatic N) is 1. The van der Waals surface area contributed by atoms with Crippen LogP contribution in [0.15, 0.2) is 218 Å². The van der Waals surface area contributed by atoms with Gasteiger partial charge in [-0.25, -0.2) is 4.99 Å². The van der Waals surface area contributed by atoms with Gasteiger partial charge < -0.3 is 0 Å². The predicted molar refractivity (Wildman–Crippen MR) is 237 cm³/mol. The van der Waals surface area contributed by atoms with Crippen LogP contribution in [-0.4, -0.2) is 5.71 Å². The van der Waals surface area contributed by atoms with Crippen molar-refractivity contribution in [2.75, 3.05) is 0 Å². The Bertz CT molecular complexity index is 2890. The second-order valence-corrected chi connectivity index (χ2v) is 15.5. The molecule has 1 nitrogen and oxygen atoms in total. The highest BCUT2D eigenvalue weighted by Crippen LogP contribution is 2.68. The molecule has 0 saturated heterocycles. The normalized spacial score (nSPS) is 15.0. The molecule has 0 radical (unpaired) electrons. The van der Waals surface area contributed by atoms with E-state index in [9.17, 15) is 0 Å². The van der Waals surface area contributed by atoms with Gasteiger partial charge in [-0.15, -0.1) is 0 Å². The minimum atomic E-state index is -0.583. The van der Waals surface area contributed by atoms with Crippen molar-refractivity contribution in [2.24, 2.45) is 4.99 Å². The maximum absolute atomic E-state index is 5.27. The van der Waals surface area contributed by atoms with E-state index in [-0.39, 0.29) is 0 Å². The summed E-state index contributed by atoms with van der Waals surface area (Å²) in [6.07, 6.45) is 2.28. The number of benzene rings is 8. The van der Waals surface area contributed by atoms with Gasteiger partial charge in [-0.3, -0.25) is 0 Å². The maximum Gasteiger partial charge on any atom is 0.0725 e. The van der Waals surface area contributed by atoms with Crippen LogP contribution >= 0.6 is 0 Å². The summed E-state index contributed by atoms with van der Waals surface area (Å²) < 4.78 is 0. The molecule has 0 fully saturated rings. The topological polar surface area (TPSA) is 12.4 Å². The Hall–Kier alpha value is -7.09. The monoisotopic (exact) mass is 725 g/mol. The van der Waals surface area contributed by atoms with Crippen LogP contribution in [0, 0.1) is 0 Å². The molecule has 0 saturated carbocycles. The van der Waals surface area contributed by atoms with E-state index >= 15 is 0 Å². The molecule has 0 heterocycles. The molecule has 0 atom stereocenters. The molecule has 8 aromatic rings. The fourth-order valence-corrected chi connectivity index (χ4v) is 10.5. The fraction of sp³-hybridized carbons (Fsp3) is 0.0536. The summed E-state index contributed by atoms with van der Waals surface area (Å²) in [6.45, 7) is 6.71. The van der Waals surface area contributed by atoms with Gasteiger partial charge in [0.25, 0.3) is 0 Å². The maximum atomic E-state index is 5.27. The first-order valence-electron chi connectivity index (χ1n) is 19.8. The number of fused-ring (bicyclic) bond motifs is 16. The summed E-state index contributed by atoms with van der Waals surface area (Å²) >= 11 is 0. The van der Waals surface area contributed by atoms with E-state index in [2.05, 4.69) is 202 Å². The zero-order chi connectivity index (χ0) is 38.1. The largest absolute Gasteiger partial charge is 0.248 e. The molecule has 268 valence electrons. The quantitative estimate of drug-likeness (QED) is 0.157. The Labute approximate surface area is 334 Å².